The minimum absolute atomic E-state index is 0.0454. The molecule has 1 heteroatoms. The van der Waals surface area contributed by atoms with Gasteiger partial charge in [-0.05, 0) is 114 Å². The molecule has 9 atom stereocenters. The lowest BCUT2D eigenvalue weighted by Gasteiger charge is -2.64. The molecule has 0 radical (unpaired) electrons. The van der Waals surface area contributed by atoms with Gasteiger partial charge in [-0.25, -0.2) is 0 Å². The Morgan fingerprint density at radius 1 is 0.938 bits per heavy atom. The van der Waals surface area contributed by atoms with Gasteiger partial charge in [0.05, 0.1) is 6.10 Å². The second kappa shape index (κ2) is 7.11. The Hall–Kier alpha value is -0.300. The molecule has 5 aliphatic rings. The average Bonchev–Trinajstić information content (AvgIpc) is 3.22. The normalized spacial score (nSPS) is 51.8. The highest BCUT2D eigenvalue weighted by Crippen LogP contribution is 2.73. The predicted octanol–water partition coefficient (Wildman–Crippen LogP) is 8.41. The minimum Gasteiger partial charge on any atom is -0.393 e. The molecule has 1 nitrogen and oxygen atoms in total. The molecule has 0 aromatic rings. The Morgan fingerprint density at radius 3 is 2.28 bits per heavy atom. The van der Waals surface area contributed by atoms with Crippen molar-refractivity contribution in [1.29, 1.82) is 0 Å². The van der Waals surface area contributed by atoms with Gasteiger partial charge in [-0.3, -0.25) is 0 Å². The second-order valence-corrected chi connectivity index (χ2v) is 15.3. The van der Waals surface area contributed by atoms with Crippen LogP contribution in [0.4, 0.5) is 0 Å². The fourth-order valence-electron chi connectivity index (χ4n) is 10.4. The summed E-state index contributed by atoms with van der Waals surface area (Å²) in [6.07, 6.45) is 16.0. The molecule has 1 N–H and O–H groups in total. The quantitative estimate of drug-likeness (QED) is 0.435. The smallest absolute Gasteiger partial charge is 0.0594 e. The predicted molar refractivity (Wildman–Crippen MR) is 135 cm³/mol. The molecule has 5 rings (SSSR count). The zero-order valence-corrected chi connectivity index (χ0v) is 22.6. The number of allylic oxidation sites excluding steroid dienone is 2. The summed E-state index contributed by atoms with van der Waals surface area (Å²) < 4.78 is 0. The number of fused-ring (bicyclic) bond motifs is 5. The highest BCUT2D eigenvalue weighted by atomic mass is 16.3. The van der Waals surface area contributed by atoms with E-state index in [4.69, 9.17) is 0 Å². The van der Waals surface area contributed by atoms with Gasteiger partial charge in [0.1, 0.15) is 0 Å². The van der Waals surface area contributed by atoms with E-state index in [1.807, 2.05) is 5.57 Å². The topological polar surface area (TPSA) is 20.2 Å². The fraction of sp³-hybridized carbons (Fsp3) is 0.935. The van der Waals surface area contributed by atoms with E-state index in [0.29, 0.717) is 27.6 Å². The van der Waals surface area contributed by atoms with Crippen molar-refractivity contribution in [2.24, 2.45) is 56.7 Å². The van der Waals surface area contributed by atoms with Crippen molar-refractivity contribution in [2.45, 2.75) is 126 Å². The number of aliphatic hydroxyl groups is 1. The SMILES string of the molecule is C[C@H](CC[C@@H]1CC1(C)C)[C@H]1CC[C@@]2(C)[C@@H]3CC[C@@H]4C(C)(C)[C@H](O)CC[C@@]4(C)C3=CC[C@]12C. The first-order valence-electron chi connectivity index (χ1n) is 14.2. The van der Waals surface area contributed by atoms with Crippen LogP contribution in [0.2, 0.25) is 0 Å². The van der Waals surface area contributed by atoms with Gasteiger partial charge in [-0.1, -0.05) is 73.5 Å². The lowest BCUT2D eigenvalue weighted by Crippen LogP contribution is -2.57. The first-order valence-corrected chi connectivity index (χ1v) is 14.2. The average molecular weight is 441 g/mol. The number of hydrogen-bond donors (Lipinski definition) is 1. The third kappa shape index (κ3) is 3.04. The molecule has 182 valence electrons. The van der Waals surface area contributed by atoms with Crippen LogP contribution in [0.15, 0.2) is 11.6 Å². The number of aliphatic hydroxyl groups excluding tert-OH is 1. The Balaban J connectivity index is 1.40. The van der Waals surface area contributed by atoms with E-state index in [1.54, 1.807) is 0 Å². The molecule has 4 fully saturated rings. The Bertz CT molecular complexity index is 790. The standard InChI is InChI=1S/C31H52O/c1-20(9-10-21-19-27(21,2)3)22-13-17-31(8)24-11-12-25-28(4,5)26(32)15-16-29(25,6)23(24)14-18-30(22,31)7/h14,20-22,24-26,32H,9-13,15-19H2,1-8H3/t20-,21-,22-,24-,25-,26-,29+,30-,31+/m1/s1. The van der Waals surface area contributed by atoms with E-state index in [0.717, 1.165) is 30.1 Å². The fourth-order valence-corrected chi connectivity index (χ4v) is 10.4. The van der Waals surface area contributed by atoms with Crippen LogP contribution in [-0.4, -0.2) is 11.2 Å². The monoisotopic (exact) mass is 440 g/mol. The lowest BCUT2D eigenvalue weighted by atomic mass is 9.41. The van der Waals surface area contributed by atoms with Crippen molar-refractivity contribution < 1.29 is 5.11 Å². The maximum absolute atomic E-state index is 10.8. The molecule has 32 heavy (non-hydrogen) atoms. The van der Waals surface area contributed by atoms with Crippen molar-refractivity contribution in [3.05, 3.63) is 11.6 Å². The van der Waals surface area contributed by atoms with Gasteiger partial charge in [-0.15, -0.1) is 0 Å². The van der Waals surface area contributed by atoms with Gasteiger partial charge in [0.25, 0.3) is 0 Å². The molecular weight excluding hydrogens is 388 g/mol. The summed E-state index contributed by atoms with van der Waals surface area (Å²) in [6.45, 7) is 20.2. The maximum Gasteiger partial charge on any atom is 0.0594 e. The molecule has 5 aliphatic carbocycles. The van der Waals surface area contributed by atoms with Crippen molar-refractivity contribution in [3.8, 4) is 0 Å². The molecule has 0 heterocycles. The summed E-state index contributed by atoms with van der Waals surface area (Å²) in [7, 11) is 0. The van der Waals surface area contributed by atoms with E-state index in [1.165, 1.54) is 57.8 Å². The second-order valence-electron chi connectivity index (χ2n) is 15.3. The number of rotatable bonds is 4. The third-order valence-corrected chi connectivity index (χ3v) is 13.2. The molecule has 0 amide bonds. The van der Waals surface area contributed by atoms with Crippen LogP contribution in [0.3, 0.4) is 0 Å². The van der Waals surface area contributed by atoms with E-state index in [-0.39, 0.29) is 11.5 Å². The van der Waals surface area contributed by atoms with Crippen molar-refractivity contribution >= 4 is 0 Å². The summed E-state index contributed by atoms with van der Waals surface area (Å²) in [5.41, 5.74) is 3.73. The summed E-state index contributed by atoms with van der Waals surface area (Å²) in [6, 6.07) is 0. The van der Waals surface area contributed by atoms with Crippen LogP contribution < -0.4 is 0 Å². The highest BCUT2D eigenvalue weighted by Gasteiger charge is 2.65. The van der Waals surface area contributed by atoms with Crippen LogP contribution in [0.25, 0.3) is 0 Å². The zero-order chi connectivity index (χ0) is 23.3. The summed E-state index contributed by atoms with van der Waals surface area (Å²) in [5, 5.41) is 10.8. The Morgan fingerprint density at radius 2 is 1.62 bits per heavy atom. The van der Waals surface area contributed by atoms with Crippen LogP contribution in [-0.2, 0) is 0 Å². The van der Waals surface area contributed by atoms with E-state index >= 15 is 0 Å². The summed E-state index contributed by atoms with van der Waals surface area (Å²) in [5.74, 6) is 4.15. The largest absolute Gasteiger partial charge is 0.393 e. The molecule has 0 aromatic heterocycles. The van der Waals surface area contributed by atoms with E-state index < -0.39 is 0 Å². The Labute approximate surface area is 199 Å². The molecule has 4 saturated carbocycles. The first-order chi connectivity index (χ1) is 14.8. The van der Waals surface area contributed by atoms with E-state index in [2.05, 4.69) is 61.5 Å². The minimum atomic E-state index is -0.129. The molecule has 0 bridgehead atoms. The van der Waals surface area contributed by atoms with Crippen LogP contribution in [0, 0.1) is 56.7 Å². The molecule has 0 unspecified atom stereocenters. The van der Waals surface area contributed by atoms with E-state index in [9.17, 15) is 5.11 Å². The molecular formula is C31H52O. The maximum atomic E-state index is 10.8. The van der Waals surface area contributed by atoms with Crippen LogP contribution >= 0.6 is 0 Å². The van der Waals surface area contributed by atoms with Crippen molar-refractivity contribution in [1.82, 2.24) is 0 Å². The van der Waals surface area contributed by atoms with Crippen molar-refractivity contribution in [3.63, 3.8) is 0 Å². The van der Waals surface area contributed by atoms with Gasteiger partial charge in [-0.2, -0.15) is 0 Å². The van der Waals surface area contributed by atoms with Gasteiger partial charge in [0, 0.05) is 0 Å². The van der Waals surface area contributed by atoms with Gasteiger partial charge in [0.15, 0.2) is 0 Å². The van der Waals surface area contributed by atoms with Crippen LogP contribution in [0.5, 0.6) is 0 Å². The molecule has 0 aromatic carbocycles. The summed E-state index contributed by atoms with van der Waals surface area (Å²) in [4.78, 5) is 0. The zero-order valence-electron chi connectivity index (χ0n) is 22.6. The lowest BCUT2D eigenvalue weighted by molar-refractivity contribution is -0.118. The van der Waals surface area contributed by atoms with Gasteiger partial charge < -0.3 is 5.11 Å². The Kier molecular flexibility index (Phi) is 5.21. The van der Waals surface area contributed by atoms with Gasteiger partial charge >= 0.3 is 0 Å². The first kappa shape index (κ1) is 23.4. The van der Waals surface area contributed by atoms with Gasteiger partial charge in [0.2, 0.25) is 0 Å². The molecule has 0 aliphatic heterocycles. The highest BCUT2D eigenvalue weighted by molar-refractivity contribution is 5.32. The molecule has 0 spiro atoms. The third-order valence-electron chi connectivity index (χ3n) is 13.2. The summed E-state index contributed by atoms with van der Waals surface area (Å²) >= 11 is 0. The molecule has 0 saturated heterocycles. The number of hydrogen-bond acceptors (Lipinski definition) is 1. The van der Waals surface area contributed by atoms with Crippen LogP contribution in [0.1, 0.15) is 120 Å². The van der Waals surface area contributed by atoms with Crippen molar-refractivity contribution in [2.75, 3.05) is 0 Å².